The third-order valence-electron chi connectivity index (χ3n) is 7.21. The molecular formula is C32H54N6O12SSi2. The molecule has 0 amide bonds. The lowest BCUT2D eigenvalue weighted by Gasteiger charge is -2.28. The van der Waals surface area contributed by atoms with E-state index in [2.05, 4.69) is 26.7 Å². The van der Waals surface area contributed by atoms with Gasteiger partial charge in [0, 0.05) is 56.8 Å². The maximum atomic E-state index is 12.1. The number of ether oxygens (including phenoxy) is 1. The Bertz CT molecular complexity index is 1340. The van der Waals surface area contributed by atoms with E-state index in [1.165, 1.54) is 5.01 Å². The van der Waals surface area contributed by atoms with Crippen molar-refractivity contribution in [2.75, 3.05) is 69.2 Å². The van der Waals surface area contributed by atoms with Gasteiger partial charge in [-0.25, -0.2) is 15.2 Å². The van der Waals surface area contributed by atoms with E-state index in [1.54, 1.807) is 36.4 Å². The third kappa shape index (κ3) is 14.2. The van der Waals surface area contributed by atoms with Crippen molar-refractivity contribution in [3.63, 3.8) is 0 Å². The van der Waals surface area contributed by atoms with Crippen LogP contribution in [0, 0.1) is 0 Å². The second kappa shape index (κ2) is 24.1. The number of carbonyl (C=O) groups is 1. The first-order valence-corrected chi connectivity index (χ1v) is 22.1. The van der Waals surface area contributed by atoms with Gasteiger partial charge >= 0.3 is 23.6 Å². The molecule has 0 aliphatic carbocycles. The molecule has 1 aliphatic heterocycles. The van der Waals surface area contributed by atoms with Crippen molar-refractivity contribution in [1.82, 2.24) is 16.2 Å². The van der Waals surface area contributed by atoms with Crippen molar-refractivity contribution in [1.29, 1.82) is 0 Å². The van der Waals surface area contributed by atoms with Crippen LogP contribution < -0.4 is 26.7 Å². The summed E-state index contributed by atoms with van der Waals surface area (Å²) in [6.45, 7) is 14.8. The molecule has 2 unspecified atom stereocenters. The van der Waals surface area contributed by atoms with Crippen LogP contribution in [0.4, 0.5) is 11.4 Å². The molecule has 0 saturated heterocycles. The van der Waals surface area contributed by atoms with Crippen LogP contribution in [0.5, 0.6) is 0 Å². The normalized spacial score (nSPS) is 16.3. The summed E-state index contributed by atoms with van der Waals surface area (Å²) in [7, 11) is -5.83. The van der Waals surface area contributed by atoms with Gasteiger partial charge in [-0.2, -0.15) is 10.6 Å². The standard InChI is InChI=1S/C32H54N6O12SSi2/c1-7-43-52(44-8-2,45-9-3)23-34-49-50-51-28-19-15-26(16-20-28)35-36-29-30(32(40)41)37-38(31(29)39)27-17-13-25(14-18-27)21-33-22-42-24-53(46-10-4,47-11-5)48-12-6/h13-20,29,31,33-36,39H,7-12,21-24H2,1-6H3,(H,40,41). The monoisotopic (exact) mass is 802 g/mol. The van der Waals surface area contributed by atoms with Gasteiger partial charge < -0.3 is 46.9 Å². The Hall–Kier alpha value is -2.56. The quantitative estimate of drug-likeness (QED) is 0.0175. The molecule has 0 saturated carbocycles. The second-order valence-electron chi connectivity index (χ2n) is 10.9. The summed E-state index contributed by atoms with van der Waals surface area (Å²) < 4.78 is 45.6. The number of hydrazine groups is 1. The van der Waals surface area contributed by atoms with Crippen molar-refractivity contribution in [2.24, 2.45) is 5.10 Å². The maximum absolute atomic E-state index is 12.1. The number of hydrogen-bond donors (Lipinski definition) is 6. The Labute approximate surface area is 317 Å². The molecular weight excluding hydrogens is 749 g/mol. The SMILES string of the molecule is CCO[Si](CNOOSc1ccc(NNC2C(C(=O)O)=NN(c3ccc(CNCOC[Si](OCC)(OCC)OCC)cc3)C2O)cc1)(OCC)OCC. The van der Waals surface area contributed by atoms with Crippen LogP contribution in [0.1, 0.15) is 47.1 Å². The maximum Gasteiger partial charge on any atom is 0.528 e. The molecule has 1 heterocycles. The highest BCUT2D eigenvalue weighted by molar-refractivity contribution is 7.94. The molecule has 18 nitrogen and oxygen atoms in total. The number of hydroxylamine groups is 1. The van der Waals surface area contributed by atoms with Crippen molar-refractivity contribution >= 4 is 52.7 Å². The van der Waals surface area contributed by atoms with Gasteiger partial charge in [0.25, 0.3) is 0 Å². The Morgan fingerprint density at radius 1 is 0.830 bits per heavy atom. The van der Waals surface area contributed by atoms with E-state index >= 15 is 0 Å². The predicted molar refractivity (Wildman–Crippen MR) is 202 cm³/mol. The number of carboxylic acid groups (broad SMARTS) is 1. The van der Waals surface area contributed by atoms with Crippen LogP contribution >= 0.6 is 12.0 Å². The topological polar surface area (TPSA) is 204 Å². The van der Waals surface area contributed by atoms with Crippen LogP contribution in [0.15, 0.2) is 58.5 Å². The largest absolute Gasteiger partial charge is 0.528 e. The number of anilines is 2. The predicted octanol–water partition coefficient (Wildman–Crippen LogP) is 2.95. The first-order valence-electron chi connectivity index (χ1n) is 17.5. The molecule has 0 spiro atoms. The highest BCUT2D eigenvalue weighted by Gasteiger charge is 2.42. The van der Waals surface area contributed by atoms with Crippen LogP contribution in [0.25, 0.3) is 0 Å². The molecule has 0 fully saturated rings. The van der Waals surface area contributed by atoms with Crippen molar-refractivity contribution < 1.29 is 55.6 Å². The molecule has 21 heteroatoms. The van der Waals surface area contributed by atoms with Gasteiger partial charge in [-0.1, -0.05) is 12.1 Å². The zero-order chi connectivity index (χ0) is 38.5. The zero-order valence-electron chi connectivity index (χ0n) is 31.1. The number of hydrogen-bond acceptors (Lipinski definition) is 18. The van der Waals surface area contributed by atoms with Crippen LogP contribution in [-0.4, -0.2) is 111 Å². The lowest BCUT2D eigenvalue weighted by Crippen LogP contribution is -2.54. The van der Waals surface area contributed by atoms with Gasteiger partial charge in [0.15, 0.2) is 11.9 Å². The Morgan fingerprint density at radius 2 is 1.40 bits per heavy atom. The van der Waals surface area contributed by atoms with Gasteiger partial charge in [0.05, 0.1) is 30.6 Å². The minimum atomic E-state index is -2.93. The summed E-state index contributed by atoms with van der Waals surface area (Å²) in [4.78, 5) is 17.9. The number of rotatable bonds is 29. The average molecular weight is 803 g/mol. The van der Waals surface area contributed by atoms with E-state index < -0.39 is 35.8 Å². The fourth-order valence-corrected chi connectivity index (χ4v) is 9.75. The number of nitrogens with one attached hydrogen (secondary N) is 4. The Kier molecular flexibility index (Phi) is 20.4. The Balaban J connectivity index is 1.46. The van der Waals surface area contributed by atoms with Crippen molar-refractivity contribution in [3.8, 4) is 0 Å². The molecule has 1 aliphatic rings. The molecule has 0 aromatic heterocycles. The van der Waals surface area contributed by atoms with Crippen LogP contribution in [0.2, 0.25) is 0 Å². The van der Waals surface area contributed by atoms with E-state index in [4.69, 9.17) is 40.6 Å². The molecule has 3 rings (SSSR count). The summed E-state index contributed by atoms with van der Waals surface area (Å²) in [6.07, 6.45) is -0.878. The summed E-state index contributed by atoms with van der Waals surface area (Å²) in [5.41, 5.74) is 10.3. The molecule has 2 aromatic rings. The molecule has 53 heavy (non-hydrogen) atoms. The minimum absolute atomic E-state index is 0.200. The summed E-state index contributed by atoms with van der Waals surface area (Å²) in [5.74, 6) is -1.27. The van der Waals surface area contributed by atoms with Gasteiger partial charge in [-0.15, -0.1) is 9.32 Å². The molecule has 2 atom stereocenters. The van der Waals surface area contributed by atoms with Crippen LogP contribution in [0.3, 0.4) is 0 Å². The van der Waals surface area contributed by atoms with Crippen molar-refractivity contribution in [3.05, 3.63) is 54.1 Å². The van der Waals surface area contributed by atoms with E-state index in [9.17, 15) is 15.0 Å². The molecule has 6 N–H and O–H groups in total. The first kappa shape index (κ1) is 44.8. The highest BCUT2D eigenvalue weighted by Crippen LogP contribution is 2.25. The first-order chi connectivity index (χ1) is 25.7. The second-order valence-corrected chi connectivity index (χ2v) is 16.8. The number of hydrazone groups is 1. The van der Waals surface area contributed by atoms with Gasteiger partial charge in [-0.05, 0) is 83.5 Å². The highest BCUT2D eigenvalue weighted by atomic mass is 32.2. The van der Waals surface area contributed by atoms with E-state index in [0.29, 0.717) is 57.6 Å². The summed E-state index contributed by atoms with van der Waals surface area (Å²) in [6, 6.07) is 13.2. The number of aliphatic carboxylic acids is 1. The molecule has 298 valence electrons. The van der Waals surface area contributed by atoms with E-state index in [1.807, 2.05) is 53.7 Å². The minimum Gasteiger partial charge on any atom is -0.477 e. The van der Waals surface area contributed by atoms with Crippen molar-refractivity contribution in [2.45, 2.75) is 65.3 Å². The number of aliphatic hydroxyl groups is 1. The van der Waals surface area contributed by atoms with Crippen LogP contribution in [-0.2, 0) is 52.0 Å². The lowest BCUT2D eigenvalue weighted by molar-refractivity contribution is -0.243. The summed E-state index contributed by atoms with van der Waals surface area (Å²) in [5, 5.41) is 29.6. The number of carboxylic acids is 1. The smallest absolute Gasteiger partial charge is 0.477 e. The molecule has 0 bridgehead atoms. The zero-order valence-corrected chi connectivity index (χ0v) is 33.9. The summed E-state index contributed by atoms with van der Waals surface area (Å²) >= 11 is 0.972. The lowest BCUT2D eigenvalue weighted by atomic mass is 10.1. The fourth-order valence-electron chi connectivity index (χ4n) is 5.06. The number of benzene rings is 2. The third-order valence-corrected chi connectivity index (χ3v) is 13.3. The molecule has 2 aromatic carbocycles. The van der Waals surface area contributed by atoms with Gasteiger partial charge in [0.2, 0.25) is 0 Å². The van der Waals surface area contributed by atoms with Gasteiger partial charge in [-0.3, -0.25) is 5.32 Å². The number of aliphatic hydroxyl groups excluding tert-OH is 1. The molecule has 0 radical (unpaired) electrons. The van der Waals surface area contributed by atoms with E-state index in [-0.39, 0.29) is 24.8 Å². The van der Waals surface area contributed by atoms with Gasteiger partial charge in [0.1, 0.15) is 12.3 Å². The average Bonchev–Trinajstić information content (AvgIpc) is 3.48. The Morgan fingerprint density at radius 3 is 1.94 bits per heavy atom. The van der Waals surface area contributed by atoms with E-state index in [0.717, 1.165) is 22.5 Å². The fraction of sp³-hybridized carbons (Fsp3) is 0.562. The number of nitrogens with zero attached hydrogens (tertiary/aromatic N) is 2.